The Bertz CT molecular complexity index is 148. The maximum atomic E-state index is 7.07. The van der Waals surface area contributed by atoms with E-state index in [2.05, 4.69) is 5.32 Å². The SMILES string of the molecule is N=C(N)C1=CCNCC1. The van der Waals surface area contributed by atoms with Gasteiger partial charge in [0.1, 0.15) is 5.84 Å². The maximum absolute atomic E-state index is 7.07. The molecule has 4 N–H and O–H groups in total. The molecule has 50 valence electrons. The molecular formula is C6H11N3. The van der Waals surface area contributed by atoms with Gasteiger partial charge in [0.25, 0.3) is 0 Å². The molecule has 1 aliphatic heterocycles. The number of nitrogens with two attached hydrogens (primary N) is 1. The van der Waals surface area contributed by atoms with Gasteiger partial charge in [-0.25, -0.2) is 0 Å². The lowest BCUT2D eigenvalue weighted by atomic mass is 10.1. The lowest BCUT2D eigenvalue weighted by Crippen LogP contribution is -2.25. The quantitative estimate of drug-likeness (QED) is 0.337. The van der Waals surface area contributed by atoms with E-state index in [0.717, 1.165) is 25.1 Å². The van der Waals surface area contributed by atoms with Crippen molar-refractivity contribution in [1.82, 2.24) is 5.32 Å². The molecule has 0 bridgehead atoms. The Labute approximate surface area is 54.4 Å². The second kappa shape index (κ2) is 2.64. The van der Waals surface area contributed by atoms with Crippen molar-refractivity contribution in [2.24, 2.45) is 5.73 Å². The van der Waals surface area contributed by atoms with Crippen LogP contribution in [0.5, 0.6) is 0 Å². The van der Waals surface area contributed by atoms with Crippen molar-refractivity contribution >= 4 is 5.84 Å². The summed E-state index contributed by atoms with van der Waals surface area (Å²) in [4.78, 5) is 0. The molecule has 0 spiro atoms. The van der Waals surface area contributed by atoms with E-state index in [9.17, 15) is 0 Å². The summed E-state index contributed by atoms with van der Waals surface area (Å²) in [5.74, 6) is 0.219. The molecule has 0 aromatic heterocycles. The van der Waals surface area contributed by atoms with E-state index in [-0.39, 0.29) is 5.84 Å². The molecule has 0 aromatic carbocycles. The predicted molar refractivity (Wildman–Crippen MR) is 37.5 cm³/mol. The van der Waals surface area contributed by atoms with Crippen molar-refractivity contribution in [3.8, 4) is 0 Å². The monoisotopic (exact) mass is 125 g/mol. The summed E-state index contributed by atoms with van der Waals surface area (Å²) < 4.78 is 0. The lowest BCUT2D eigenvalue weighted by Gasteiger charge is -2.11. The molecule has 0 amide bonds. The van der Waals surface area contributed by atoms with Crippen LogP contribution in [0, 0.1) is 5.41 Å². The highest BCUT2D eigenvalue weighted by Crippen LogP contribution is 2.01. The van der Waals surface area contributed by atoms with E-state index >= 15 is 0 Å². The van der Waals surface area contributed by atoms with E-state index in [1.54, 1.807) is 0 Å². The highest BCUT2D eigenvalue weighted by molar-refractivity contribution is 5.94. The Hall–Kier alpha value is -0.830. The fourth-order valence-corrected chi connectivity index (χ4v) is 0.867. The van der Waals surface area contributed by atoms with E-state index in [1.165, 1.54) is 0 Å². The molecule has 3 heteroatoms. The molecule has 0 aliphatic carbocycles. The van der Waals surface area contributed by atoms with E-state index in [4.69, 9.17) is 11.1 Å². The van der Waals surface area contributed by atoms with Crippen LogP contribution in [-0.2, 0) is 0 Å². The lowest BCUT2D eigenvalue weighted by molar-refractivity contribution is 0.716. The van der Waals surface area contributed by atoms with Crippen LogP contribution in [0.1, 0.15) is 6.42 Å². The van der Waals surface area contributed by atoms with E-state index in [0.29, 0.717) is 0 Å². The van der Waals surface area contributed by atoms with Gasteiger partial charge >= 0.3 is 0 Å². The third kappa shape index (κ3) is 1.54. The van der Waals surface area contributed by atoms with Crippen LogP contribution >= 0.6 is 0 Å². The van der Waals surface area contributed by atoms with Crippen LogP contribution in [0.4, 0.5) is 0 Å². The largest absolute Gasteiger partial charge is 0.384 e. The van der Waals surface area contributed by atoms with Crippen LogP contribution in [-0.4, -0.2) is 18.9 Å². The Morgan fingerprint density at radius 1 is 1.78 bits per heavy atom. The van der Waals surface area contributed by atoms with Gasteiger partial charge in [-0.15, -0.1) is 0 Å². The molecule has 0 atom stereocenters. The van der Waals surface area contributed by atoms with E-state index in [1.807, 2.05) is 6.08 Å². The topological polar surface area (TPSA) is 61.9 Å². The van der Waals surface area contributed by atoms with Crippen LogP contribution in [0.3, 0.4) is 0 Å². The Morgan fingerprint density at radius 3 is 2.89 bits per heavy atom. The second-order valence-electron chi connectivity index (χ2n) is 2.10. The first-order chi connectivity index (χ1) is 4.30. The fraction of sp³-hybridized carbons (Fsp3) is 0.500. The van der Waals surface area contributed by atoms with E-state index < -0.39 is 0 Å². The number of hydrogen-bond acceptors (Lipinski definition) is 2. The molecule has 0 saturated heterocycles. The van der Waals surface area contributed by atoms with Crippen molar-refractivity contribution in [2.45, 2.75) is 6.42 Å². The molecule has 1 rings (SSSR count). The van der Waals surface area contributed by atoms with Gasteiger partial charge in [-0.05, 0) is 18.5 Å². The van der Waals surface area contributed by atoms with Crippen molar-refractivity contribution in [3.63, 3.8) is 0 Å². The van der Waals surface area contributed by atoms with Gasteiger partial charge in [0.2, 0.25) is 0 Å². The predicted octanol–water partition coefficient (Wildman–Crippen LogP) is -0.158. The average Bonchev–Trinajstić information content (AvgIpc) is 1.90. The fourth-order valence-electron chi connectivity index (χ4n) is 0.867. The molecule has 1 heterocycles. The molecule has 0 radical (unpaired) electrons. The highest BCUT2D eigenvalue weighted by Gasteiger charge is 2.03. The zero-order valence-electron chi connectivity index (χ0n) is 5.28. The number of nitrogens with one attached hydrogen (secondary N) is 2. The van der Waals surface area contributed by atoms with Gasteiger partial charge in [-0.1, -0.05) is 6.08 Å². The number of rotatable bonds is 1. The Morgan fingerprint density at radius 2 is 2.56 bits per heavy atom. The number of hydrogen-bond donors (Lipinski definition) is 3. The Kier molecular flexibility index (Phi) is 1.85. The molecule has 1 aliphatic rings. The standard InChI is InChI=1S/C6H11N3/c7-6(8)5-1-3-9-4-2-5/h1,9H,2-4H2,(H3,7,8). The zero-order chi connectivity index (χ0) is 6.69. The molecule has 0 saturated carbocycles. The average molecular weight is 125 g/mol. The molecule has 0 fully saturated rings. The first-order valence-corrected chi connectivity index (χ1v) is 3.05. The summed E-state index contributed by atoms with van der Waals surface area (Å²) in [6.07, 6.45) is 2.86. The minimum Gasteiger partial charge on any atom is -0.384 e. The van der Waals surface area contributed by atoms with Crippen molar-refractivity contribution in [3.05, 3.63) is 11.6 Å². The molecule has 0 unspecified atom stereocenters. The van der Waals surface area contributed by atoms with Gasteiger partial charge in [0, 0.05) is 6.54 Å². The summed E-state index contributed by atoms with van der Waals surface area (Å²) >= 11 is 0. The Balaban J connectivity index is 2.57. The normalized spacial score (nSPS) is 18.9. The highest BCUT2D eigenvalue weighted by atomic mass is 14.9. The van der Waals surface area contributed by atoms with Crippen molar-refractivity contribution < 1.29 is 0 Å². The maximum Gasteiger partial charge on any atom is 0.118 e. The van der Waals surface area contributed by atoms with Gasteiger partial charge < -0.3 is 11.1 Å². The summed E-state index contributed by atoms with van der Waals surface area (Å²) in [6.45, 7) is 1.81. The summed E-state index contributed by atoms with van der Waals surface area (Å²) in [5, 5.41) is 10.2. The third-order valence-corrected chi connectivity index (χ3v) is 1.41. The summed E-state index contributed by atoms with van der Waals surface area (Å²) in [7, 11) is 0. The summed E-state index contributed by atoms with van der Waals surface area (Å²) in [5.41, 5.74) is 6.23. The summed E-state index contributed by atoms with van der Waals surface area (Å²) in [6, 6.07) is 0. The minimum atomic E-state index is 0.219. The molecule has 9 heavy (non-hydrogen) atoms. The smallest absolute Gasteiger partial charge is 0.118 e. The first-order valence-electron chi connectivity index (χ1n) is 3.05. The minimum absolute atomic E-state index is 0.219. The van der Waals surface area contributed by atoms with Crippen LogP contribution < -0.4 is 11.1 Å². The van der Waals surface area contributed by atoms with Crippen molar-refractivity contribution in [2.75, 3.05) is 13.1 Å². The van der Waals surface area contributed by atoms with Crippen LogP contribution in [0.2, 0.25) is 0 Å². The van der Waals surface area contributed by atoms with Gasteiger partial charge in [-0.2, -0.15) is 0 Å². The van der Waals surface area contributed by atoms with Crippen LogP contribution in [0.25, 0.3) is 0 Å². The zero-order valence-corrected chi connectivity index (χ0v) is 5.28. The van der Waals surface area contributed by atoms with Crippen LogP contribution in [0.15, 0.2) is 11.6 Å². The molecule has 3 nitrogen and oxygen atoms in total. The first kappa shape index (κ1) is 6.29. The molecular weight excluding hydrogens is 114 g/mol. The molecule has 0 aromatic rings. The van der Waals surface area contributed by atoms with Gasteiger partial charge in [0.05, 0.1) is 0 Å². The number of amidine groups is 1. The van der Waals surface area contributed by atoms with Gasteiger partial charge in [-0.3, -0.25) is 5.41 Å². The second-order valence-corrected chi connectivity index (χ2v) is 2.10. The van der Waals surface area contributed by atoms with Gasteiger partial charge in [0.15, 0.2) is 0 Å². The third-order valence-electron chi connectivity index (χ3n) is 1.41. The van der Waals surface area contributed by atoms with Crippen molar-refractivity contribution in [1.29, 1.82) is 5.41 Å².